The maximum absolute atomic E-state index is 12.0. The van der Waals surface area contributed by atoms with Crippen molar-refractivity contribution in [3.8, 4) is 11.6 Å². The molecule has 1 aromatic carbocycles. The van der Waals surface area contributed by atoms with E-state index in [1.54, 1.807) is 24.9 Å². The van der Waals surface area contributed by atoms with Crippen molar-refractivity contribution in [3.05, 3.63) is 54.1 Å². The fourth-order valence-electron chi connectivity index (χ4n) is 3.23. The molecule has 10 heteroatoms. The van der Waals surface area contributed by atoms with Crippen LogP contribution in [-0.2, 0) is 11.8 Å². The van der Waals surface area contributed by atoms with E-state index in [4.69, 9.17) is 9.47 Å². The molecule has 31 heavy (non-hydrogen) atoms. The summed E-state index contributed by atoms with van der Waals surface area (Å²) < 4.78 is 17.4. The molecule has 0 fully saturated rings. The molecule has 0 aliphatic rings. The number of carbonyl (C=O) groups excluding carboxylic acids is 1. The van der Waals surface area contributed by atoms with Gasteiger partial charge in [-0.1, -0.05) is 0 Å². The number of nitrogens with one attached hydrogen (secondary N) is 1. The van der Waals surface area contributed by atoms with Gasteiger partial charge in [-0.25, -0.2) is 14.5 Å². The van der Waals surface area contributed by atoms with Gasteiger partial charge in [-0.05, 0) is 50.1 Å². The summed E-state index contributed by atoms with van der Waals surface area (Å²) >= 11 is 1.42. The number of anilines is 1. The number of carbonyl (C=O) groups is 1. The number of methoxy groups -OCH3 is 1. The van der Waals surface area contributed by atoms with Crippen LogP contribution >= 0.6 is 11.9 Å². The number of rotatable bonds is 7. The Morgan fingerprint density at radius 3 is 2.71 bits per heavy atom. The third kappa shape index (κ3) is 3.93. The topological polar surface area (TPSA) is 96.1 Å². The summed E-state index contributed by atoms with van der Waals surface area (Å²) in [6, 6.07) is 7.67. The molecule has 0 aliphatic heterocycles. The Morgan fingerprint density at radius 2 is 2.00 bits per heavy atom. The predicted molar refractivity (Wildman–Crippen MR) is 119 cm³/mol. The molecule has 4 aromatic rings. The van der Waals surface area contributed by atoms with Crippen molar-refractivity contribution < 1.29 is 14.3 Å². The van der Waals surface area contributed by atoms with Gasteiger partial charge in [0.1, 0.15) is 17.0 Å². The van der Waals surface area contributed by atoms with Crippen molar-refractivity contribution in [1.82, 2.24) is 24.5 Å². The lowest BCUT2D eigenvalue weighted by atomic mass is 10.2. The molecule has 160 valence electrons. The first-order valence-electron chi connectivity index (χ1n) is 9.63. The first-order chi connectivity index (χ1) is 15.0. The van der Waals surface area contributed by atoms with Crippen LogP contribution in [0.1, 0.15) is 23.0 Å². The zero-order valence-electron chi connectivity index (χ0n) is 17.6. The Bertz CT molecular complexity index is 1230. The number of esters is 1. The van der Waals surface area contributed by atoms with Crippen LogP contribution in [0.5, 0.6) is 5.75 Å². The van der Waals surface area contributed by atoms with Crippen molar-refractivity contribution in [2.45, 2.75) is 18.7 Å². The van der Waals surface area contributed by atoms with Gasteiger partial charge in [0.05, 0.1) is 37.3 Å². The van der Waals surface area contributed by atoms with Gasteiger partial charge in [-0.2, -0.15) is 10.2 Å². The summed E-state index contributed by atoms with van der Waals surface area (Å²) in [5, 5.41) is 9.62. The minimum atomic E-state index is -0.388. The van der Waals surface area contributed by atoms with Gasteiger partial charge in [-0.15, -0.1) is 0 Å². The second-order valence-electron chi connectivity index (χ2n) is 6.68. The SMILES string of the molecule is CCOC(=O)c1cnn(-c2ccc(SNc3c(OC)ccc4cnn(C)c34)cn2)c1C. The minimum Gasteiger partial charge on any atom is -0.494 e. The number of aryl methyl sites for hydroxylation is 1. The second kappa shape index (κ2) is 8.68. The molecule has 4 rings (SSSR count). The fourth-order valence-corrected chi connectivity index (χ4v) is 3.89. The number of fused-ring (bicyclic) bond motifs is 1. The number of benzene rings is 1. The van der Waals surface area contributed by atoms with Crippen molar-refractivity contribution >= 4 is 34.5 Å². The number of hydrogen-bond donors (Lipinski definition) is 1. The molecule has 0 saturated carbocycles. The van der Waals surface area contributed by atoms with E-state index >= 15 is 0 Å². The monoisotopic (exact) mass is 438 g/mol. The van der Waals surface area contributed by atoms with E-state index in [1.165, 1.54) is 18.1 Å². The van der Waals surface area contributed by atoms with Crippen LogP contribution in [-0.4, -0.2) is 44.2 Å². The summed E-state index contributed by atoms with van der Waals surface area (Å²) in [7, 11) is 3.53. The Balaban J connectivity index is 1.54. The number of hydrogen-bond acceptors (Lipinski definition) is 8. The summed E-state index contributed by atoms with van der Waals surface area (Å²) in [4.78, 5) is 17.4. The van der Waals surface area contributed by atoms with Crippen LogP contribution < -0.4 is 9.46 Å². The van der Waals surface area contributed by atoms with Gasteiger partial charge in [0.25, 0.3) is 0 Å². The molecule has 3 aromatic heterocycles. The molecule has 9 nitrogen and oxygen atoms in total. The van der Waals surface area contributed by atoms with Crippen LogP contribution in [0.15, 0.2) is 47.8 Å². The van der Waals surface area contributed by atoms with Crippen molar-refractivity contribution in [2.24, 2.45) is 7.05 Å². The molecule has 0 radical (unpaired) electrons. The van der Waals surface area contributed by atoms with Crippen LogP contribution in [0, 0.1) is 6.92 Å². The molecule has 1 N–H and O–H groups in total. The van der Waals surface area contributed by atoms with Gasteiger partial charge in [0.15, 0.2) is 5.82 Å². The molecule has 3 heterocycles. The third-order valence-corrected chi connectivity index (χ3v) is 5.58. The lowest BCUT2D eigenvalue weighted by Crippen LogP contribution is -2.07. The number of nitrogens with zero attached hydrogens (tertiary/aromatic N) is 5. The average molecular weight is 439 g/mol. The lowest BCUT2D eigenvalue weighted by molar-refractivity contribution is 0.0525. The van der Waals surface area contributed by atoms with Crippen molar-refractivity contribution in [3.63, 3.8) is 0 Å². The maximum atomic E-state index is 12.0. The lowest BCUT2D eigenvalue weighted by Gasteiger charge is -2.13. The molecule has 0 aliphatic carbocycles. The highest BCUT2D eigenvalue weighted by atomic mass is 32.2. The van der Waals surface area contributed by atoms with Gasteiger partial charge in [-0.3, -0.25) is 4.68 Å². The predicted octanol–water partition coefficient (Wildman–Crippen LogP) is 3.77. The maximum Gasteiger partial charge on any atom is 0.341 e. The summed E-state index contributed by atoms with van der Waals surface area (Å²) in [5.74, 6) is 0.955. The number of aromatic nitrogens is 5. The quantitative estimate of drug-likeness (QED) is 0.344. The highest BCUT2D eigenvalue weighted by molar-refractivity contribution is 8.00. The Kier molecular flexibility index (Phi) is 5.81. The molecule has 0 unspecified atom stereocenters. The number of pyridine rings is 1. The van der Waals surface area contributed by atoms with Gasteiger partial charge < -0.3 is 14.2 Å². The van der Waals surface area contributed by atoms with E-state index < -0.39 is 0 Å². The van der Waals surface area contributed by atoms with E-state index in [0.717, 1.165) is 27.2 Å². The smallest absolute Gasteiger partial charge is 0.341 e. The molecule has 0 spiro atoms. The van der Waals surface area contributed by atoms with Crippen LogP contribution in [0.3, 0.4) is 0 Å². The van der Waals surface area contributed by atoms with E-state index in [1.807, 2.05) is 49.1 Å². The normalized spacial score (nSPS) is 11.0. The highest BCUT2D eigenvalue weighted by Crippen LogP contribution is 2.36. The first-order valence-corrected chi connectivity index (χ1v) is 10.4. The zero-order valence-corrected chi connectivity index (χ0v) is 18.4. The van der Waals surface area contributed by atoms with E-state index in [9.17, 15) is 4.79 Å². The largest absolute Gasteiger partial charge is 0.494 e. The fraction of sp³-hybridized carbons (Fsp3) is 0.238. The zero-order chi connectivity index (χ0) is 22.0. The van der Waals surface area contributed by atoms with Gasteiger partial charge >= 0.3 is 5.97 Å². The van der Waals surface area contributed by atoms with Gasteiger partial charge in [0, 0.05) is 23.5 Å². The van der Waals surface area contributed by atoms with Crippen LogP contribution in [0.4, 0.5) is 5.69 Å². The molecular formula is C21H22N6O3S. The van der Waals surface area contributed by atoms with E-state index in [2.05, 4.69) is 19.9 Å². The third-order valence-electron chi connectivity index (χ3n) is 4.80. The summed E-state index contributed by atoms with van der Waals surface area (Å²) in [6.07, 6.45) is 5.06. The van der Waals surface area contributed by atoms with E-state index in [-0.39, 0.29) is 5.97 Å². The Labute approximate surface area is 183 Å². The van der Waals surface area contributed by atoms with Crippen LogP contribution in [0.2, 0.25) is 0 Å². The molecule has 0 bridgehead atoms. The second-order valence-corrected chi connectivity index (χ2v) is 7.56. The Morgan fingerprint density at radius 1 is 1.16 bits per heavy atom. The standard InChI is InChI=1S/C21H22N6O3S/c1-5-30-21(28)16-12-24-27(13(16)2)18-9-7-15(11-22-18)31-25-19-17(29-4)8-6-14-10-23-26(3)20(14)19/h6-12,25H,5H2,1-4H3. The van der Waals surface area contributed by atoms with Gasteiger partial charge in [0.2, 0.25) is 0 Å². The highest BCUT2D eigenvalue weighted by Gasteiger charge is 2.17. The minimum absolute atomic E-state index is 0.317. The van der Waals surface area contributed by atoms with Crippen molar-refractivity contribution in [2.75, 3.05) is 18.4 Å². The average Bonchev–Trinajstić information content (AvgIpc) is 3.35. The van der Waals surface area contributed by atoms with Crippen molar-refractivity contribution in [1.29, 1.82) is 0 Å². The van der Waals surface area contributed by atoms with Crippen LogP contribution in [0.25, 0.3) is 16.7 Å². The van der Waals surface area contributed by atoms with E-state index in [0.29, 0.717) is 23.7 Å². The summed E-state index contributed by atoms with van der Waals surface area (Å²) in [5.41, 5.74) is 2.91. The Hall–Kier alpha value is -3.53. The molecular weight excluding hydrogens is 416 g/mol. The molecule has 0 amide bonds. The molecule has 0 atom stereocenters. The number of ether oxygens (including phenoxy) is 2. The molecule has 0 saturated heterocycles. The summed E-state index contributed by atoms with van der Waals surface area (Å²) in [6.45, 7) is 3.90. The first kappa shape index (κ1) is 20.7.